The van der Waals surface area contributed by atoms with E-state index in [1.165, 1.54) is 56.3 Å². The van der Waals surface area contributed by atoms with Crippen molar-refractivity contribution in [2.45, 2.75) is 38.9 Å². The Kier molecular flexibility index (Phi) is 6.17. The van der Waals surface area contributed by atoms with E-state index in [1.807, 2.05) is 0 Å². The Morgan fingerprint density at radius 3 is 1.91 bits per heavy atom. The second-order valence-electron chi connectivity index (χ2n) is 13.7. The molecular formula is C40H40N2Si. The van der Waals surface area contributed by atoms with Crippen molar-refractivity contribution in [3.8, 4) is 0 Å². The number of anilines is 4. The first-order chi connectivity index (χ1) is 20.9. The number of para-hydroxylation sites is 4. The molecule has 1 fully saturated rings. The van der Waals surface area contributed by atoms with Gasteiger partial charge in [0.2, 0.25) is 0 Å². The minimum atomic E-state index is -2.13. The number of hydrogen-bond acceptors (Lipinski definition) is 2. The van der Waals surface area contributed by atoms with E-state index < -0.39 is 8.24 Å². The van der Waals surface area contributed by atoms with Gasteiger partial charge in [-0.1, -0.05) is 118 Å². The van der Waals surface area contributed by atoms with Gasteiger partial charge in [0.25, 0.3) is 0 Å². The Labute approximate surface area is 256 Å². The highest BCUT2D eigenvalue weighted by Gasteiger charge is 2.55. The highest BCUT2D eigenvalue weighted by Crippen LogP contribution is 2.62. The van der Waals surface area contributed by atoms with Crippen molar-refractivity contribution in [3.05, 3.63) is 127 Å². The molecule has 4 atom stereocenters. The number of allylic oxidation sites excluding steroid dienone is 4. The predicted octanol–water partition coefficient (Wildman–Crippen LogP) is 11.3. The fourth-order valence-corrected chi connectivity index (χ4v) is 13.8. The molecule has 5 aromatic rings. The lowest BCUT2D eigenvalue weighted by atomic mass is 9.78. The quantitative estimate of drug-likeness (QED) is 0.169. The predicted molar refractivity (Wildman–Crippen MR) is 188 cm³/mol. The zero-order chi connectivity index (χ0) is 29.3. The van der Waals surface area contributed by atoms with E-state index in [4.69, 9.17) is 0 Å². The monoisotopic (exact) mass is 576 g/mol. The maximum absolute atomic E-state index is 3.74. The molecule has 0 amide bonds. The summed E-state index contributed by atoms with van der Waals surface area (Å²) in [5.74, 6) is 2.30. The Balaban J connectivity index is 1.29. The van der Waals surface area contributed by atoms with Crippen LogP contribution in [0.3, 0.4) is 0 Å². The summed E-state index contributed by atoms with van der Waals surface area (Å²) in [5.41, 5.74) is 8.71. The van der Waals surface area contributed by atoms with Crippen molar-refractivity contribution in [2.75, 3.05) is 9.88 Å². The molecule has 43 heavy (non-hydrogen) atoms. The lowest BCUT2D eigenvalue weighted by molar-refractivity contribution is 0.379. The molecule has 214 valence electrons. The van der Waals surface area contributed by atoms with Crippen LogP contribution in [0.1, 0.15) is 25.8 Å². The van der Waals surface area contributed by atoms with Gasteiger partial charge in [-0.05, 0) is 98.6 Å². The Morgan fingerprint density at radius 1 is 0.744 bits per heavy atom. The number of rotatable bonds is 4. The summed E-state index contributed by atoms with van der Waals surface area (Å²) in [6.07, 6.45) is 8.68. The van der Waals surface area contributed by atoms with Crippen molar-refractivity contribution in [2.24, 2.45) is 23.7 Å². The van der Waals surface area contributed by atoms with Gasteiger partial charge < -0.3 is 9.88 Å². The molecule has 5 aromatic carbocycles. The van der Waals surface area contributed by atoms with Crippen molar-refractivity contribution < 1.29 is 0 Å². The van der Waals surface area contributed by atoms with Gasteiger partial charge in [-0.25, -0.2) is 0 Å². The van der Waals surface area contributed by atoms with Crippen LogP contribution < -0.4 is 9.88 Å². The van der Waals surface area contributed by atoms with Crippen LogP contribution in [0, 0.1) is 23.7 Å². The van der Waals surface area contributed by atoms with Crippen LogP contribution in [0.15, 0.2) is 121 Å². The number of hydrogen-bond donors (Lipinski definition) is 1. The summed E-state index contributed by atoms with van der Waals surface area (Å²) >= 11 is 0. The fourth-order valence-electron chi connectivity index (χ4n) is 9.00. The van der Waals surface area contributed by atoms with Gasteiger partial charge in [0.1, 0.15) is 0 Å². The highest BCUT2D eigenvalue weighted by molar-refractivity contribution is 6.84. The number of benzene rings is 5. The van der Waals surface area contributed by atoms with Crippen molar-refractivity contribution in [1.82, 2.24) is 0 Å². The molecule has 3 aliphatic rings. The largest absolute Gasteiger partial charge is 0.366 e. The lowest BCUT2D eigenvalue weighted by Crippen LogP contribution is -2.54. The van der Waals surface area contributed by atoms with Gasteiger partial charge in [-0.2, -0.15) is 0 Å². The van der Waals surface area contributed by atoms with Crippen LogP contribution in [-0.4, -0.2) is 8.24 Å². The van der Waals surface area contributed by atoms with Gasteiger partial charge in [0, 0.05) is 0 Å². The molecule has 0 spiro atoms. The first kappa shape index (κ1) is 26.5. The Hall–Kier alpha value is -4.08. The topological polar surface area (TPSA) is 15.3 Å². The average molecular weight is 577 g/mol. The van der Waals surface area contributed by atoms with Crippen LogP contribution in [0.25, 0.3) is 27.1 Å². The first-order valence-corrected chi connectivity index (χ1v) is 19.0. The van der Waals surface area contributed by atoms with Crippen molar-refractivity contribution >= 4 is 58.1 Å². The van der Waals surface area contributed by atoms with Crippen molar-refractivity contribution in [1.29, 1.82) is 0 Å². The van der Waals surface area contributed by atoms with Gasteiger partial charge >= 0.3 is 0 Å². The molecule has 0 radical (unpaired) electrons. The van der Waals surface area contributed by atoms with Gasteiger partial charge in [0.05, 0.1) is 22.7 Å². The molecular weight excluding hydrogens is 537 g/mol. The van der Waals surface area contributed by atoms with Crippen LogP contribution in [0.2, 0.25) is 18.6 Å². The molecule has 2 nitrogen and oxygen atoms in total. The molecule has 0 saturated heterocycles. The molecule has 1 saturated carbocycles. The standard InChI is InChI=1S/C40H40N2Si/c1-26(2)33-25-34-31(39-29-16-7-5-14-27(29)24-28-15-6-8-17-30(28)39)18-13-19-32(34)40(33)43(3,4)42-37-22-11-9-20-35(37)41-36-21-10-12-23-38(36)42/h5-24,26,32-34,40-41H,25H2,1-4H3/t32-,33-,34+,40?/m0/s1. The van der Waals surface area contributed by atoms with Crippen LogP contribution in [0.4, 0.5) is 22.7 Å². The summed E-state index contributed by atoms with van der Waals surface area (Å²) in [6.45, 7) is 10.2. The van der Waals surface area contributed by atoms with Crippen LogP contribution in [-0.2, 0) is 0 Å². The zero-order valence-electron chi connectivity index (χ0n) is 25.6. The Morgan fingerprint density at radius 2 is 1.30 bits per heavy atom. The summed E-state index contributed by atoms with van der Waals surface area (Å²) in [4.78, 5) is 0. The SMILES string of the molecule is CC(C)[C@@H]1C[C@@H]2C(c3c4ccccc4cc4ccccc34)=CC=C[C@@H]2C1[Si](C)(C)N1c2ccccc2Nc2ccccc21. The zero-order valence-corrected chi connectivity index (χ0v) is 26.6. The third-order valence-corrected chi connectivity index (χ3v) is 14.8. The molecule has 1 aliphatic heterocycles. The molecule has 8 rings (SSSR count). The van der Waals surface area contributed by atoms with Crippen molar-refractivity contribution in [3.63, 3.8) is 0 Å². The molecule has 3 heteroatoms. The summed E-state index contributed by atoms with van der Waals surface area (Å²) in [7, 11) is -2.13. The number of nitrogens with zero attached hydrogens (tertiary/aromatic N) is 1. The Bertz CT molecular complexity index is 1830. The minimum Gasteiger partial charge on any atom is -0.366 e. The van der Waals surface area contributed by atoms with Gasteiger partial charge in [-0.3, -0.25) is 0 Å². The highest BCUT2D eigenvalue weighted by atomic mass is 28.3. The van der Waals surface area contributed by atoms with E-state index in [1.54, 1.807) is 5.57 Å². The third-order valence-electron chi connectivity index (χ3n) is 10.7. The minimum absolute atomic E-state index is 0.511. The van der Waals surface area contributed by atoms with Gasteiger partial charge in [-0.15, -0.1) is 0 Å². The molecule has 2 aliphatic carbocycles. The molecule has 1 N–H and O–H groups in total. The molecule has 1 heterocycles. The second kappa shape index (κ2) is 9.99. The maximum Gasteiger partial charge on any atom is 0.160 e. The maximum atomic E-state index is 3.74. The summed E-state index contributed by atoms with van der Waals surface area (Å²) in [6, 6.07) is 38.3. The molecule has 0 bridgehead atoms. The van der Waals surface area contributed by atoms with Crippen LogP contribution in [0.5, 0.6) is 0 Å². The summed E-state index contributed by atoms with van der Waals surface area (Å²) < 4.78 is 2.80. The van der Waals surface area contributed by atoms with E-state index >= 15 is 0 Å². The second-order valence-corrected chi connectivity index (χ2v) is 18.1. The fraction of sp³-hybridized carbons (Fsp3) is 0.250. The van der Waals surface area contributed by atoms with Gasteiger partial charge in [0.15, 0.2) is 8.24 Å². The van der Waals surface area contributed by atoms with E-state index in [-0.39, 0.29) is 0 Å². The van der Waals surface area contributed by atoms with E-state index in [2.05, 4.69) is 158 Å². The number of nitrogens with one attached hydrogen (secondary N) is 1. The van der Waals surface area contributed by atoms with E-state index in [0.29, 0.717) is 29.2 Å². The van der Waals surface area contributed by atoms with Crippen LogP contribution >= 0.6 is 0 Å². The lowest BCUT2D eigenvalue weighted by Gasteiger charge is -2.50. The number of fused-ring (bicyclic) bond motifs is 5. The van der Waals surface area contributed by atoms with E-state index in [0.717, 1.165) is 0 Å². The average Bonchev–Trinajstić information content (AvgIpc) is 3.44. The first-order valence-electron chi connectivity index (χ1n) is 16.0. The third kappa shape index (κ3) is 4.05. The van der Waals surface area contributed by atoms with E-state index in [9.17, 15) is 0 Å². The molecule has 1 unspecified atom stereocenters. The smallest absolute Gasteiger partial charge is 0.160 e. The normalized spacial score (nSPS) is 22.7. The molecule has 0 aromatic heterocycles. The summed E-state index contributed by atoms with van der Waals surface area (Å²) in [5, 5.41) is 9.18.